The number of fused-ring (bicyclic) bond motifs is 1. The Bertz CT molecular complexity index is 1200. The summed E-state index contributed by atoms with van der Waals surface area (Å²) in [5, 5.41) is 14.2. The van der Waals surface area contributed by atoms with Crippen LogP contribution in [0, 0.1) is 10.1 Å². The summed E-state index contributed by atoms with van der Waals surface area (Å²) in [7, 11) is 3.03. The SMILES string of the molecule is Cn1c(=O)c2c(nc(N3CCNCC3)n2Cc2ccc([N+](=O)[O-])cc2)n(C)c1=O. The van der Waals surface area contributed by atoms with Gasteiger partial charge in [-0.15, -0.1) is 0 Å². The number of nitro groups is 1. The molecule has 3 heterocycles. The van der Waals surface area contributed by atoms with E-state index in [1.165, 1.54) is 23.7 Å². The number of nitro benzene ring substituents is 1. The number of rotatable bonds is 4. The quantitative estimate of drug-likeness (QED) is 0.476. The van der Waals surface area contributed by atoms with Gasteiger partial charge in [0.25, 0.3) is 11.2 Å². The van der Waals surface area contributed by atoms with E-state index in [0.29, 0.717) is 23.7 Å². The van der Waals surface area contributed by atoms with Gasteiger partial charge >= 0.3 is 5.69 Å². The zero-order valence-corrected chi connectivity index (χ0v) is 16.2. The van der Waals surface area contributed by atoms with Gasteiger partial charge in [0, 0.05) is 52.4 Å². The number of aryl methyl sites for hydroxylation is 1. The van der Waals surface area contributed by atoms with Crippen LogP contribution in [-0.4, -0.2) is 49.8 Å². The highest BCUT2D eigenvalue weighted by Crippen LogP contribution is 2.22. The lowest BCUT2D eigenvalue weighted by Crippen LogP contribution is -2.44. The topological polar surface area (TPSA) is 120 Å². The molecule has 0 spiro atoms. The molecule has 1 saturated heterocycles. The van der Waals surface area contributed by atoms with E-state index >= 15 is 0 Å². The highest BCUT2D eigenvalue weighted by molar-refractivity contribution is 5.75. The van der Waals surface area contributed by atoms with E-state index in [0.717, 1.165) is 36.3 Å². The van der Waals surface area contributed by atoms with Gasteiger partial charge in [-0.1, -0.05) is 12.1 Å². The molecular weight excluding hydrogens is 378 g/mol. The second-order valence-electron chi connectivity index (χ2n) is 7.04. The van der Waals surface area contributed by atoms with E-state index in [9.17, 15) is 19.7 Å². The molecule has 11 nitrogen and oxygen atoms in total. The van der Waals surface area contributed by atoms with Crippen LogP contribution in [0.3, 0.4) is 0 Å². The van der Waals surface area contributed by atoms with Gasteiger partial charge in [0.2, 0.25) is 5.95 Å². The van der Waals surface area contributed by atoms with Crippen molar-refractivity contribution in [3.63, 3.8) is 0 Å². The fraction of sp³-hybridized carbons (Fsp3) is 0.389. The lowest BCUT2D eigenvalue weighted by Gasteiger charge is -2.28. The predicted octanol–water partition coefficient (Wildman–Crippen LogP) is -0.200. The van der Waals surface area contributed by atoms with Gasteiger partial charge < -0.3 is 10.2 Å². The molecule has 0 saturated carbocycles. The molecule has 1 N–H and O–H groups in total. The fourth-order valence-corrected chi connectivity index (χ4v) is 3.60. The third-order valence-corrected chi connectivity index (χ3v) is 5.22. The molecule has 3 aromatic rings. The van der Waals surface area contributed by atoms with E-state index < -0.39 is 16.2 Å². The standard InChI is InChI=1S/C18H21N7O4/c1-21-15-14(16(26)22(2)18(21)27)24(17(20-15)23-9-7-19-8-10-23)11-12-3-5-13(6-4-12)25(28)29/h3-6,19H,7-11H2,1-2H3. The van der Waals surface area contributed by atoms with E-state index in [1.54, 1.807) is 23.7 Å². The minimum atomic E-state index is -0.450. The molecule has 0 bridgehead atoms. The summed E-state index contributed by atoms with van der Waals surface area (Å²) in [5.74, 6) is 0.609. The van der Waals surface area contributed by atoms with Gasteiger partial charge in [0.15, 0.2) is 11.2 Å². The summed E-state index contributed by atoms with van der Waals surface area (Å²) >= 11 is 0. The summed E-state index contributed by atoms with van der Waals surface area (Å²) in [6.07, 6.45) is 0. The molecule has 1 aliphatic rings. The Morgan fingerprint density at radius 3 is 2.38 bits per heavy atom. The summed E-state index contributed by atoms with van der Waals surface area (Å²) in [6, 6.07) is 6.20. The summed E-state index contributed by atoms with van der Waals surface area (Å²) < 4.78 is 4.23. The number of benzene rings is 1. The third kappa shape index (κ3) is 3.18. The first-order valence-corrected chi connectivity index (χ1v) is 9.23. The van der Waals surface area contributed by atoms with Crippen molar-refractivity contribution in [2.75, 3.05) is 31.1 Å². The smallest absolute Gasteiger partial charge is 0.332 e. The number of aromatic nitrogens is 4. The number of imidazole rings is 1. The van der Waals surface area contributed by atoms with Crippen LogP contribution >= 0.6 is 0 Å². The zero-order chi connectivity index (χ0) is 20.7. The van der Waals surface area contributed by atoms with Crippen molar-refractivity contribution in [1.82, 2.24) is 24.0 Å². The fourth-order valence-electron chi connectivity index (χ4n) is 3.60. The first-order chi connectivity index (χ1) is 13.9. The van der Waals surface area contributed by atoms with E-state index in [1.807, 2.05) is 0 Å². The Morgan fingerprint density at radius 2 is 1.76 bits per heavy atom. The molecule has 0 radical (unpaired) electrons. The monoisotopic (exact) mass is 399 g/mol. The van der Waals surface area contributed by atoms with Crippen molar-refractivity contribution in [3.05, 3.63) is 60.8 Å². The van der Waals surface area contributed by atoms with Crippen LogP contribution in [0.4, 0.5) is 11.6 Å². The first kappa shape index (κ1) is 18.9. The maximum absolute atomic E-state index is 12.9. The van der Waals surface area contributed by atoms with E-state index in [4.69, 9.17) is 0 Å². The Morgan fingerprint density at radius 1 is 1.10 bits per heavy atom. The van der Waals surface area contributed by atoms with Crippen LogP contribution in [0.5, 0.6) is 0 Å². The van der Waals surface area contributed by atoms with Crippen LogP contribution in [0.25, 0.3) is 11.2 Å². The Labute approximate surface area is 165 Å². The second-order valence-corrected chi connectivity index (χ2v) is 7.04. The maximum atomic E-state index is 12.9. The molecule has 4 rings (SSSR count). The Kier molecular flexibility index (Phi) is 4.66. The van der Waals surface area contributed by atoms with Crippen molar-refractivity contribution in [2.45, 2.75) is 6.54 Å². The van der Waals surface area contributed by atoms with Crippen LogP contribution in [-0.2, 0) is 20.6 Å². The van der Waals surface area contributed by atoms with Crippen molar-refractivity contribution in [2.24, 2.45) is 14.1 Å². The van der Waals surface area contributed by atoms with Crippen LogP contribution in [0.2, 0.25) is 0 Å². The second kappa shape index (κ2) is 7.17. The average Bonchev–Trinajstić information content (AvgIpc) is 3.11. The number of piperazine rings is 1. The number of non-ortho nitro benzene ring substituents is 1. The molecule has 152 valence electrons. The van der Waals surface area contributed by atoms with Crippen molar-refractivity contribution in [3.8, 4) is 0 Å². The lowest BCUT2D eigenvalue weighted by molar-refractivity contribution is -0.384. The van der Waals surface area contributed by atoms with Gasteiger partial charge in [-0.05, 0) is 5.56 Å². The molecule has 29 heavy (non-hydrogen) atoms. The molecule has 2 aromatic heterocycles. The summed E-state index contributed by atoms with van der Waals surface area (Å²) in [6.45, 7) is 3.33. The van der Waals surface area contributed by atoms with Gasteiger partial charge in [-0.3, -0.25) is 28.6 Å². The van der Waals surface area contributed by atoms with Crippen molar-refractivity contribution in [1.29, 1.82) is 0 Å². The maximum Gasteiger partial charge on any atom is 0.332 e. The average molecular weight is 399 g/mol. The van der Waals surface area contributed by atoms with Gasteiger partial charge in [-0.25, -0.2) is 4.79 Å². The molecule has 0 unspecified atom stereocenters. The Balaban J connectivity index is 1.90. The number of nitrogens with zero attached hydrogens (tertiary/aromatic N) is 6. The molecule has 1 aliphatic heterocycles. The molecule has 1 aromatic carbocycles. The molecule has 1 fully saturated rings. The molecular formula is C18H21N7O4. The lowest BCUT2D eigenvalue weighted by atomic mass is 10.2. The van der Waals surface area contributed by atoms with E-state index in [-0.39, 0.29) is 5.69 Å². The molecule has 11 heteroatoms. The highest BCUT2D eigenvalue weighted by Gasteiger charge is 2.24. The minimum absolute atomic E-state index is 0.00452. The Hall–Kier alpha value is -3.47. The van der Waals surface area contributed by atoms with Gasteiger partial charge in [0.05, 0.1) is 11.5 Å². The number of anilines is 1. The molecule has 0 aliphatic carbocycles. The number of nitrogens with one attached hydrogen (secondary N) is 1. The molecule has 0 amide bonds. The van der Waals surface area contributed by atoms with Gasteiger partial charge in [0.1, 0.15) is 0 Å². The summed E-state index contributed by atoms with van der Waals surface area (Å²) in [5.41, 5.74) is 0.607. The van der Waals surface area contributed by atoms with Crippen molar-refractivity contribution < 1.29 is 4.92 Å². The third-order valence-electron chi connectivity index (χ3n) is 5.22. The van der Waals surface area contributed by atoms with Crippen LogP contribution in [0.1, 0.15) is 5.56 Å². The van der Waals surface area contributed by atoms with Gasteiger partial charge in [-0.2, -0.15) is 4.98 Å². The molecule has 0 atom stereocenters. The predicted molar refractivity (Wildman–Crippen MR) is 107 cm³/mol. The first-order valence-electron chi connectivity index (χ1n) is 9.23. The van der Waals surface area contributed by atoms with E-state index in [2.05, 4.69) is 15.2 Å². The zero-order valence-electron chi connectivity index (χ0n) is 16.2. The van der Waals surface area contributed by atoms with Crippen molar-refractivity contribution >= 4 is 22.8 Å². The van der Waals surface area contributed by atoms with Crippen LogP contribution in [0.15, 0.2) is 33.9 Å². The largest absolute Gasteiger partial charge is 0.340 e. The van der Waals surface area contributed by atoms with Crippen LogP contribution < -0.4 is 21.5 Å². The normalized spacial score (nSPS) is 14.5. The summed E-state index contributed by atoms with van der Waals surface area (Å²) in [4.78, 5) is 42.5. The minimum Gasteiger partial charge on any atom is -0.340 e. The highest BCUT2D eigenvalue weighted by atomic mass is 16.6. The number of hydrogen-bond acceptors (Lipinski definition) is 7. The number of hydrogen-bond donors (Lipinski definition) is 1.